The van der Waals surface area contributed by atoms with Gasteiger partial charge in [0.25, 0.3) is 0 Å². The number of rotatable bonds is 7. The summed E-state index contributed by atoms with van der Waals surface area (Å²) in [7, 11) is 3.12. The lowest BCUT2D eigenvalue weighted by molar-refractivity contribution is -0.111. The van der Waals surface area contributed by atoms with Crippen LogP contribution in [-0.2, 0) is 11.3 Å². The van der Waals surface area contributed by atoms with E-state index in [1.807, 2.05) is 42.8 Å². The van der Waals surface area contributed by atoms with Crippen molar-refractivity contribution in [1.82, 2.24) is 9.78 Å². The quantitative estimate of drug-likeness (QED) is 0.548. The minimum atomic E-state index is -0.261. The predicted octanol–water partition coefficient (Wildman–Crippen LogP) is 4.87. The summed E-state index contributed by atoms with van der Waals surface area (Å²) in [5.74, 6) is 0.935. The summed E-state index contributed by atoms with van der Waals surface area (Å²) in [4.78, 5) is 12.4. The van der Waals surface area contributed by atoms with Crippen molar-refractivity contribution < 1.29 is 14.3 Å². The summed E-state index contributed by atoms with van der Waals surface area (Å²) < 4.78 is 12.3. The van der Waals surface area contributed by atoms with Crippen LogP contribution in [0.4, 0.5) is 5.69 Å². The van der Waals surface area contributed by atoms with Crippen LogP contribution in [0.25, 0.3) is 6.08 Å². The third-order valence-electron chi connectivity index (χ3n) is 4.74. The number of aromatic nitrogens is 2. The van der Waals surface area contributed by atoms with E-state index in [0.29, 0.717) is 28.8 Å². The van der Waals surface area contributed by atoms with Gasteiger partial charge in [0.1, 0.15) is 11.5 Å². The molecular formula is C23H24ClN3O3. The Morgan fingerprint density at radius 3 is 2.43 bits per heavy atom. The molecule has 30 heavy (non-hydrogen) atoms. The van der Waals surface area contributed by atoms with E-state index < -0.39 is 0 Å². The Labute approximate surface area is 181 Å². The molecule has 0 atom stereocenters. The van der Waals surface area contributed by atoms with Crippen LogP contribution in [0.15, 0.2) is 48.5 Å². The molecular weight excluding hydrogens is 402 g/mol. The van der Waals surface area contributed by atoms with Gasteiger partial charge < -0.3 is 14.8 Å². The molecule has 0 aliphatic rings. The van der Waals surface area contributed by atoms with Crippen molar-refractivity contribution in [1.29, 1.82) is 0 Å². The molecule has 0 aliphatic heterocycles. The van der Waals surface area contributed by atoms with Gasteiger partial charge in [-0.1, -0.05) is 29.8 Å². The van der Waals surface area contributed by atoms with E-state index in [2.05, 4.69) is 10.4 Å². The fourth-order valence-electron chi connectivity index (χ4n) is 3.12. The molecule has 0 aliphatic carbocycles. The zero-order valence-corrected chi connectivity index (χ0v) is 18.2. The van der Waals surface area contributed by atoms with Crippen LogP contribution in [0.1, 0.15) is 22.5 Å². The lowest BCUT2D eigenvalue weighted by atomic mass is 10.1. The number of aryl methyl sites for hydroxylation is 1. The summed E-state index contributed by atoms with van der Waals surface area (Å²) in [6.07, 6.45) is 3.26. The summed E-state index contributed by atoms with van der Waals surface area (Å²) in [6.45, 7) is 4.46. The van der Waals surface area contributed by atoms with Gasteiger partial charge in [0.2, 0.25) is 5.91 Å². The second kappa shape index (κ2) is 9.50. The first-order chi connectivity index (χ1) is 14.4. The Bertz CT molecular complexity index is 1070. The average molecular weight is 426 g/mol. The van der Waals surface area contributed by atoms with Crippen molar-refractivity contribution in [3.63, 3.8) is 0 Å². The van der Waals surface area contributed by atoms with E-state index in [0.717, 1.165) is 22.5 Å². The van der Waals surface area contributed by atoms with E-state index in [4.69, 9.17) is 21.1 Å². The second-order valence-electron chi connectivity index (χ2n) is 6.76. The standard InChI is InChI=1S/C23H24ClN3O3/c1-15-21(16(2)27(26-15)14-17-7-5-6-8-22(17)24)9-10-23(28)25-18-11-19(29-3)13-20(12-18)30-4/h5-13H,14H2,1-4H3,(H,25,28)/b10-9+. The molecule has 0 bridgehead atoms. The number of anilines is 1. The number of amides is 1. The van der Waals surface area contributed by atoms with Gasteiger partial charge in [-0.15, -0.1) is 0 Å². The number of carbonyl (C=O) groups is 1. The fraction of sp³-hybridized carbons (Fsp3) is 0.217. The van der Waals surface area contributed by atoms with E-state index >= 15 is 0 Å². The van der Waals surface area contributed by atoms with Crippen molar-refractivity contribution in [3.8, 4) is 11.5 Å². The van der Waals surface area contributed by atoms with Crippen LogP contribution in [0.5, 0.6) is 11.5 Å². The van der Waals surface area contributed by atoms with Crippen molar-refractivity contribution in [2.24, 2.45) is 0 Å². The molecule has 1 aromatic heterocycles. The third kappa shape index (κ3) is 5.02. The minimum Gasteiger partial charge on any atom is -0.497 e. The van der Waals surface area contributed by atoms with Crippen LogP contribution < -0.4 is 14.8 Å². The molecule has 0 saturated heterocycles. The Morgan fingerprint density at radius 1 is 1.13 bits per heavy atom. The number of carbonyl (C=O) groups excluding carboxylic acids is 1. The van der Waals surface area contributed by atoms with Gasteiger partial charge in [0.05, 0.1) is 26.5 Å². The summed E-state index contributed by atoms with van der Waals surface area (Å²) in [5.41, 5.74) is 4.28. The van der Waals surface area contributed by atoms with Gasteiger partial charge >= 0.3 is 0 Å². The predicted molar refractivity (Wildman–Crippen MR) is 119 cm³/mol. The summed E-state index contributed by atoms with van der Waals surface area (Å²) in [6, 6.07) is 12.9. The maximum Gasteiger partial charge on any atom is 0.248 e. The second-order valence-corrected chi connectivity index (χ2v) is 7.16. The monoisotopic (exact) mass is 425 g/mol. The van der Waals surface area contributed by atoms with Gasteiger partial charge in [0, 0.05) is 46.2 Å². The number of ether oxygens (including phenoxy) is 2. The number of methoxy groups -OCH3 is 2. The number of nitrogens with zero attached hydrogens (tertiary/aromatic N) is 2. The molecule has 0 spiro atoms. The lowest BCUT2D eigenvalue weighted by Crippen LogP contribution is -2.08. The van der Waals surface area contributed by atoms with Crippen LogP contribution in [0.2, 0.25) is 5.02 Å². The van der Waals surface area contributed by atoms with Gasteiger partial charge in [-0.2, -0.15) is 5.10 Å². The Balaban J connectivity index is 1.75. The average Bonchev–Trinajstić information content (AvgIpc) is 3.00. The molecule has 1 heterocycles. The zero-order valence-electron chi connectivity index (χ0n) is 17.4. The van der Waals surface area contributed by atoms with Crippen LogP contribution in [-0.4, -0.2) is 29.9 Å². The van der Waals surface area contributed by atoms with Gasteiger partial charge in [-0.3, -0.25) is 9.48 Å². The molecule has 3 aromatic rings. The Morgan fingerprint density at radius 2 is 1.80 bits per heavy atom. The zero-order chi connectivity index (χ0) is 21.7. The van der Waals surface area contributed by atoms with Crippen molar-refractivity contribution in [2.45, 2.75) is 20.4 Å². The molecule has 156 valence electrons. The highest BCUT2D eigenvalue weighted by Crippen LogP contribution is 2.26. The van der Waals surface area contributed by atoms with Gasteiger partial charge in [-0.05, 0) is 31.6 Å². The molecule has 6 nitrogen and oxygen atoms in total. The van der Waals surface area contributed by atoms with E-state index in [1.165, 1.54) is 6.08 Å². The molecule has 2 aromatic carbocycles. The van der Waals surface area contributed by atoms with Gasteiger partial charge in [-0.25, -0.2) is 0 Å². The molecule has 1 N–H and O–H groups in total. The maximum atomic E-state index is 12.4. The highest BCUT2D eigenvalue weighted by molar-refractivity contribution is 6.31. The first kappa shape index (κ1) is 21.5. The van der Waals surface area contributed by atoms with Crippen LogP contribution in [0.3, 0.4) is 0 Å². The number of hydrogen-bond acceptors (Lipinski definition) is 4. The molecule has 0 saturated carbocycles. The Kier molecular flexibility index (Phi) is 6.79. The number of nitrogens with one attached hydrogen (secondary N) is 1. The van der Waals surface area contributed by atoms with Crippen molar-refractivity contribution in [3.05, 3.63) is 76.1 Å². The molecule has 1 amide bonds. The number of benzene rings is 2. The smallest absolute Gasteiger partial charge is 0.248 e. The highest BCUT2D eigenvalue weighted by atomic mass is 35.5. The van der Waals surface area contributed by atoms with E-state index in [9.17, 15) is 4.79 Å². The Hall–Kier alpha value is -3.25. The first-order valence-electron chi connectivity index (χ1n) is 9.40. The molecule has 3 rings (SSSR count). The third-order valence-corrected chi connectivity index (χ3v) is 5.10. The largest absolute Gasteiger partial charge is 0.497 e. The van der Waals surface area contributed by atoms with E-state index in [1.54, 1.807) is 38.5 Å². The fourth-order valence-corrected chi connectivity index (χ4v) is 3.31. The minimum absolute atomic E-state index is 0.261. The molecule has 7 heteroatoms. The van der Waals surface area contributed by atoms with Crippen LogP contribution in [0, 0.1) is 13.8 Å². The summed E-state index contributed by atoms with van der Waals surface area (Å²) in [5, 5.41) is 8.12. The topological polar surface area (TPSA) is 65.4 Å². The van der Waals surface area contributed by atoms with E-state index in [-0.39, 0.29) is 5.91 Å². The normalized spacial score (nSPS) is 11.0. The molecule has 0 radical (unpaired) electrons. The summed E-state index contributed by atoms with van der Waals surface area (Å²) >= 11 is 6.27. The molecule has 0 fully saturated rings. The highest BCUT2D eigenvalue weighted by Gasteiger charge is 2.11. The number of hydrogen-bond donors (Lipinski definition) is 1. The van der Waals surface area contributed by atoms with Gasteiger partial charge in [0.15, 0.2) is 0 Å². The number of halogens is 1. The maximum absolute atomic E-state index is 12.4. The SMILES string of the molecule is COc1cc(NC(=O)/C=C/c2c(C)nn(Cc3ccccc3Cl)c2C)cc(OC)c1. The van der Waals surface area contributed by atoms with Crippen molar-refractivity contribution in [2.75, 3.05) is 19.5 Å². The first-order valence-corrected chi connectivity index (χ1v) is 9.78. The van der Waals surface area contributed by atoms with Crippen molar-refractivity contribution >= 4 is 29.3 Å². The molecule has 0 unspecified atom stereocenters. The van der Waals surface area contributed by atoms with Crippen LogP contribution >= 0.6 is 11.6 Å². The lowest BCUT2D eigenvalue weighted by Gasteiger charge is -2.08.